The molecule has 1 atom stereocenters. The number of nitrogens with zero attached hydrogens (tertiary/aromatic N) is 2. The second kappa shape index (κ2) is 5.47. The Bertz CT molecular complexity index is 550. The summed E-state index contributed by atoms with van der Waals surface area (Å²) in [6.07, 6.45) is 1.93. The molecule has 1 unspecified atom stereocenters. The predicted octanol–water partition coefficient (Wildman–Crippen LogP) is 3.27. The Morgan fingerprint density at radius 2 is 2.33 bits per heavy atom. The summed E-state index contributed by atoms with van der Waals surface area (Å²) in [5.41, 5.74) is 1.66. The average Bonchev–Trinajstić information content (AvgIpc) is 2.87. The van der Waals surface area contributed by atoms with Crippen LogP contribution < -0.4 is 0 Å². The van der Waals surface area contributed by atoms with Crippen molar-refractivity contribution >= 4 is 27.5 Å². The SMILES string of the molecule is CCc1nn(C)c(CC(O)c2occc2Br)c1Cl. The molecule has 2 aromatic heterocycles. The third kappa shape index (κ3) is 2.48. The highest BCUT2D eigenvalue weighted by Crippen LogP contribution is 2.30. The van der Waals surface area contributed by atoms with E-state index in [1.54, 1.807) is 10.7 Å². The average molecular weight is 334 g/mol. The lowest BCUT2D eigenvalue weighted by molar-refractivity contribution is 0.147. The van der Waals surface area contributed by atoms with Crippen LogP contribution in [0.5, 0.6) is 0 Å². The van der Waals surface area contributed by atoms with Crippen molar-refractivity contribution in [3.8, 4) is 0 Å². The summed E-state index contributed by atoms with van der Waals surface area (Å²) in [7, 11) is 1.82. The Kier molecular flexibility index (Phi) is 4.14. The van der Waals surface area contributed by atoms with E-state index in [-0.39, 0.29) is 0 Å². The first-order valence-electron chi connectivity index (χ1n) is 5.65. The van der Waals surface area contributed by atoms with Crippen molar-refractivity contribution in [1.82, 2.24) is 9.78 Å². The molecule has 0 spiro atoms. The summed E-state index contributed by atoms with van der Waals surface area (Å²) >= 11 is 9.57. The van der Waals surface area contributed by atoms with Gasteiger partial charge in [0.2, 0.25) is 0 Å². The Labute approximate surface area is 119 Å². The van der Waals surface area contributed by atoms with Crippen LogP contribution in [0.2, 0.25) is 5.02 Å². The zero-order valence-electron chi connectivity index (χ0n) is 10.2. The van der Waals surface area contributed by atoms with Gasteiger partial charge in [-0.2, -0.15) is 5.10 Å². The number of hydrogen-bond donors (Lipinski definition) is 1. The molecule has 0 amide bonds. The molecule has 18 heavy (non-hydrogen) atoms. The van der Waals surface area contributed by atoms with Gasteiger partial charge in [0.1, 0.15) is 11.9 Å². The molecule has 0 aliphatic carbocycles. The molecule has 0 aliphatic rings. The van der Waals surface area contributed by atoms with Gasteiger partial charge in [-0.05, 0) is 28.4 Å². The van der Waals surface area contributed by atoms with Gasteiger partial charge in [0.05, 0.1) is 27.1 Å². The highest BCUT2D eigenvalue weighted by atomic mass is 79.9. The fourth-order valence-corrected chi connectivity index (χ4v) is 2.70. The van der Waals surface area contributed by atoms with Crippen LogP contribution in [0, 0.1) is 0 Å². The maximum Gasteiger partial charge on any atom is 0.146 e. The molecule has 1 N–H and O–H groups in total. The highest BCUT2D eigenvalue weighted by Gasteiger charge is 2.21. The summed E-state index contributed by atoms with van der Waals surface area (Å²) in [5, 5.41) is 15.1. The van der Waals surface area contributed by atoms with Gasteiger partial charge in [0.15, 0.2) is 0 Å². The quantitative estimate of drug-likeness (QED) is 0.934. The maximum atomic E-state index is 10.2. The maximum absolute atomic E-state index is 10.2. The minimum Gasteiger partial charge on any atom is -0.465 e. The summed E-state index contributed by atoms with van der Waals surface area (Å²) in [6, 6.07) is 1.75. The van der Waals surface area contributed by atoms with Crippen LogP contribution in [-0.4, -0.2) is 14.9 Å². The van der Waals surface area contributed by atoms with Gasteiger partial charge in [-0.15, -0.1) is 0 Å². The van der Waals surface area contributed by atoms with E-state index in [1.807, 2.05) is 14.0 Å². The summed E-state index contributed by atoms with van der Waals surface area (Å²) in [6.45, 7) is 2.00. The number of aryl methyl sites for hydroxylation is 2. The Morgan fingerprint density at radius 3 is 2.83 bits per heavy atom. The zero-order valence-corrected chi connectivity index (χ0v) is 12.5. The molecular weight excluding hydrogens is 320 g/mol. The number of aliphatic hydroxyl groups excluding tert-OH is 1. The number of hydrogen-bond acceptors (Lipinski definition) is 3. The monoisotopic (exact) mass is 332 g/mol. The lowest BCUT2D eigenvalue weighted by atomic mass is 10.1. The van der Waals surface area contributed by atoms with E-state index in [1.165, 1.54) is 6.26 Å². The molecule has 2 heterocycles. The molecule has 2 rings (SSSR count). The Morgan fingerprint density at radius 1 is 1.61 bits per heavy atom. The van der Waals surface area contributed by atoms with Crippen LogP contribution in [0.1, 0.15) is 30.2 Å². The van der Waals surface area contributed by atoms with Crippen LogP contribution in [0.25, 0.3) is 0 Å². The summed E-state index contributed by atoms with van der Waals surface area (Å²) in [4.78, 5) is 0. The van der Waals surface area contributed by atoms with E-state index < -0.39 is 6.10 Å². The van der Waals surface area contributed by atoms with E-state index >= 15 is 0 Å². The highest BCUT2D eigenvalue weighted by molar-refractivity contribution is 9.10. The number of furan rings is 1. The fraction of sp³-hybridized carbons (Fsp3) is 0.417. The Hall–Kier alpha value is -0.780. The van der Waals surface area contributed by atoms with E-state index in [4.69, 9.17) is 16.0 Å². The van der Waals surface area contributed by atoms with Gasteiger partial charge < -0.3 is 9.52 Å². The van der Waals surface area contributed by atoms with Crippen molar-refractivity contribution in [2.45, 2.75) is 25.9 Å². The van der Waals surface area contributed by atoms with Crippen molar-refractivity contribution in [2.75, 3.05) is 0 Å². The zero-order chi connectivity index (χ0) is 13.3. The third-order valence-corrected chi connectivity index (χ3v) is 3.93. The lowest BCUT2D eigenvalue weighted by Crippen LogP contribution is -2.06. The van der Waals surface area contributed by atoms with Crippen LogP contribution >= 0.6 is 27.5 Å². The molecule has 2 aromatic rings. The number of rotatable bonds is 4. The first kappa shape index (κ1) is 13.6. The topological polar surface area (TPSA) is 51.2 Å². The minimum atomic E-state index is -0.744. The van der Waals surface area contributed by atoms with E-state index in [2.05, 4.69) is 21.0 Å². The smallest absolute Gasteiger partial charge is 0.146 e. The molecule has 0 saturated carbocycles. The number of aliphatic hydroxyl groups is 1. The Balaban J connectivity index is 2.24. The van der Waals surface area contributed by atoms with Gasteiger partial charge >= 0.3 is 0 Å². The minimum absolute atomic E-state index is 0.369. The molecule has 0 aromatic carbocycles. The predicted molar refractivity (Wildman–Crippen MR) is 72.7 cm³/mol. The van der Waals surface area contributed by atoms with Crippen LogP contribution in [0.3, 0.4) is 0 Å². The first-order chi connectivity index (χ1) is 8.54. The van der Waals surface area contributed by atoms with E-state index in [0.29, 0.717) is 17.2 Å². The first-order valence-corrected chi connectivity index (χ1v) is 6.82. The molecule has 98 valence electrons. The van der Waals surface area contributed by atoms with Crippen LogP contribution in [-0.2, 0) is 19.9 Å². The molecule has 0 bridgehead atoms. The van der Waals surface area contributed by atoms with Gasteiger partial charge in [0, 0.05) is 13.5 Å². The van der Waals surface area contributed by atoms with Gasteiger partial charge in [-0.25, -0.2) is 0 Å². The second-order valence-corrected chi connectivity index (χ2v) is 5.27. The molecule has 0 saturated heterocycles. The summed E-state index contributed by atoms with van der Waals surface area (Å²) < 4.78 is 7.70. The fourth-order valence-electron chi connectivity index (χ4n) is 1.86. The van der Waals surface area contributed by atoms with Crippen molar-refractivity contribution in [2.24, 2.45) is 7.05 Å². The van der Waals surface area contributed by atoms with E-state index in [0.717, 1.165) is 22.3 Å². The van der Waals surface area contributed by atoms with Crippen molar-refractivity contribution in [3.05, 3.63) is 39.0 Å². The number of halogens is 2. The molecular formula is C12H14BrClN2O2. The van der Waals surface area contributed by atoms with E-state index in [9.17, 15) is 5.11 Å². The van der Waals surface area contributed by atoms with Gasteiger partial charge in [-0.1, -0.05) is 18.5 Å². The van der Waals surface area contributed by atoms with Gasteiger partial charge in [0.25, 0.3) is 0 Å². The van der Waals surface area contributed by atoms with Crippen molar-refractivity contribution < 1.29 is 9.52 Å². The molecule has 4 nitrogen and oxygen atoms in total. The standard InChI is InChI=1S/C12H14BrClN2O2/c1-3-8-11(14)9(16(2)15-8)6-10(17)12-7(13)4-5-18-12/h4-5,10,17H,3,6H2,1-2H3. The second-order valence-electron chi connectivity index (χ2n) is 4.04. The number of aromatic nitrogens is 2. The molecule has 0 fully saturated rings. The largest absolute Gasteiger partial charge is 0.465 e. The van der Waals surface area contributed by atoms with Gasteiger partial charge in [-0.3, -0.25) is 4.68 Å². The summed E-state index contributed by atoms with van der Waals surface area (Å²) in [5.74, 6) is 0.505. The molecule has 0 radical (unpaired) electrons. The van der Waals surface area contributed by atoms with Crippen LogP contribution in [0.15, 0.2) is 21.2 Å². The van der Waals surface area contributed by atoms with Crippen molar-refractivity contribution in [1.29, 1.82) is 0 Å². The van der Waals surface area contributed by atoms with Crippen molar-refractivity contribution in [3.63, 3.8) is 0 Å². The normalized spacial score (nSPS) is 12.9. The lowest BCUT2D eigenvalue weighted by Gasteiger charge is -2.09. The molecule has 6 heteroatoms. The van der Waals surface area contributed by atoms with Crippen LogP contribution in [0.4, 0.5) is 0 Å². The molecule has 0 aliphatic heterocycles. The third-order valence-electron chi connectivity index (χ3n) is 2.84.